The molecule has 1 aromatic heterocycles. The Morgan fingerprint density at radius 1 is 1.26 bits per heavy atom. The second-order valence-electron chi connectivity index (χ2n) is 4.98. The summed E-state index contributed by atoms with van der Waals surface area (Å²) in [4.78, 5) is 15.3. The minimum absolute atomic E-state index is 0.186. The molecule has 0 radical (unpaired) electrons. The van der Waals surface area contributed by atoms with Crippen LogP contribution in [0.2, 0.25) is 0 Å². The van der Waals surface area contributed by atoms with Gasteiger partial charge in [-0.3, -0.25) is 4.79 Å². The van der Waals surface area contributed by atoms with E-state index in [4.69, 9.17) is 0 Å². The van der Waals surface area contributed by atoms with E-state index in [2.05, 4.69) is 15.0 Å². The number of esters is 1. The van der Waals surface area contributed by atoms with Gasteiger partial charge in [0.15, 0.2) is 16.8 Å². The van der Waals surface area contributed by atoms with E-state index in [0.717, 1.165) is 43.1 Å². The second-order valence-corrected chi connectivity index (χ2v) is 5.84. The van der Waals surface area contributed by atoms with E-state index < -0.39 is 11.6 Å². The first-order valence-electron chi connectivity index (χ1n) is 7.32. The number of unbranched alkanes of at least 4 members (excludes halogenated alkanes) is 2. The first-order valence-corrected chi connectivity index (χ1v) is 8.19. The van der Waals surface area contributed by atoms with Crippen molar-refractivity contribution in [3.63, 3.8) is 0 Å². The number of methoxy groups -OCH3 is 1. The number of nitrogens with one attached hydrogen (secondary N) is 1. The number of carbonyl (C=O) groups is 1. The molecule has 0 unspecified atom stereocenters. The number of halogens is 2. The smallest absolute Gasteiger partial charge is 0.305 e. The standard InChI is InChI=1S/C16H18F2N2O2S/c1-22-15(21)5-3-2-4-8-19-16-20-14(10-23-16)11-6-7-12(17)13(18)9-11/h6-7,9-10H,2-5,8H2,1H3,(H,19,20). The van der Waals surface area contributed by atoms with Crippen LogP contribution in [0.4, 0.5) is 13.9 Å². The van der Waals surface area contributed by atoms with E-state index >= 15 is 0 Å². The Labute approximate surface area is 137 Å². The molecule has 4 nitrogen and oxygen atoms in total. The number of rotatable bonds is 8. The molecule has 1 heterocycles. The summed E-state index contributed by atoms with van der Waals surface area (Å²) in [7, 11) is 1.39. The highest BCUT2D eigenvalue weighted by Gasteiger charge is 2.08. The Hall–Kier alpha value is -2.02. The van der Waals surface area contributed by atoms with E-state index in [-0.39, 0.29) is 5.97 Å². The van der Waals surface area contributed by atoms with Crippen molar-refractivity contribution in [2.24, 2.45) is 0 Å². The average Bonchev–Trinajstić information content (AvgIpc) is 3.02. The van der Waals surface area contributed by atoms with Crippen LogP contribution in [-0.2, 0) is 9.53 Å². The molecule has 1 N–H and O–H groups in total. The summed E-state index contributed by atoms with van der Waals surface area (Å²) in [6, 6.07) is 3.74. The minimum atomic E-state index is -0.879. The third-order valence-corrected chi connectivity index (χ3v) is 4.08. The minimum Gasteiger partial charge on any atom is -0.469 e. The summed E-state index contributed by atoms with van der Waals surface area (Å²) in [5.41, 5.74) is 1.16. The van der Waals surface area contributed by atoms with Crippen molar-refractivity contribution in [2.75, 3.05) is 19.0 Å². The van der Waals surface area contributed by atoms with Gasteiger partial charge in [-0.25, -0.2) is 13.8 Å². The molecule has 0 saturated heterocycles. The quantitative estimate of drug-likeness (QED) is 0.577. The van der Waals surface area contributed by atoms with Crippen molar-refractivity contribution in [1.82, 2.24) is 4.98 Å². The van der Waals surface area contributed by atoms with Gasteiger partial charge in [0.2, 0.25) is 0 Å². The van der Waals surface area contributed by atoms with Crippen molar-refractivity contribution in [3.05, 3.63) is 35.2 Å². The number of ether oxygens (including phenoxy) is 1. The fourth-order valence-corrected chi connectivity index (χ4v) is 2.76. The Morgan fingerprint density at radius 2 is 2.09 bits per heavy atom. The molecule has 0 saturated carbocycles. The maximum atomic E-state index is 13.2. The van der Waals surface area contributed by atoms with E-state index in [1.807, 2.05) is 0 Å². The fraction of sp³-hybridized carbons (Fsp3) is 0.375. The summed E-state index contributed by atoms with van der Waals surface area (Å²) in [6.45, 7) is 0.742. The van der Waals surface area contributed by atoms with Gasteiger partial charge in [0, 0.05) is 23.9 Å². The SMILES string of the molecule is COC(=O)CCCCCNc1nc(-c2ccc(F)c(F)c2)cs1. The zero-order valence-electron chi connectivity index (χ0n) is 12.8. The first kappa shape index (κ1) is 17.3. The Morgan fingerprint density at radius 3 is 2.83 bits per heavy atom. The van der Waals surface area contributed by atoms with Crippen LogP contribution in [0.25, 0.3) is 11.3 Å². The number of hydrogen-bond acceptors (Lipinski definition) is 5. The number of thiazole rings is 1. The first-order chi connectivity index (χ1) is 11.1. The molecule has 1 aromatic carbocycles. The van der Waals surface area contributed by atoms with Crippen LogP contribution in [0, 0.1) is 11.6 Å². The van der Waals surface area contributed by atoms with Crippen molar-refractivity contribution in [2.45, 2.75) is 25.7 Å². The molecular weight excluding hydrogens is 322 g/mol. The topological polar surface area (TPSA) is 51.2 Å². The Bertz CT molecular complexity index is 661. The Kier molecular flexibility index (Phi) is 6.46. The van der Waals surface area contributed by atoms with Gasteiger partial charge in [0.1, 0.15) is 0 Å². The molecule has 0 aliphatic carbocycles. The molecule has 2 rings (SSSR count). The van der Waals surface area contributed by atoms with E-state index in [0.29, 0.717) is 17.7 Å². The normalized spacial score (nSPS) is 10.6. The number of aromatic nitrogens is 1. The molecule has 0 bridgehead atoms. The van der Waals surface area contributed by atoms with Crippen molar-refractivity contribution >= 4 is 22.4 Å². The van der Waals surface area contributed by atoms with Crippen LogP contribution in [-0.4, -0.2) is 24.6 Å². The van der Waals surface area contributed by atoms with E-state index in [9.17, 15) is 13.6 Å². The van der Waals surface area contributed by atoms with Gasteiger partial charge in [-0.2, -0.15) is 0 Å². The number of benzene rings is 1. The molecule has 0 aliphatic heterocycles. The zero-order valence-corrected chi connectivity index (χ0v) is 13.6. The average molecular weight is 340 g/mol. The molecule has 0 aliphatic rings. The lowest BCUT2D eigenvalue weighted by atomic mass is 10.2. The number of hydrogen-bond donors (Lipinski definition) is 1. The molecule has 124 valence electrons. The molecular formula is C16H18F2N2O2S. The third-order valence-electron chi connectivity index (χ3n) is 3.28. The molecule has 0 fully saturated rings. The predicted octanol–water partition coefficient (Wildman–Crippen LogP) is 4.23. The highest BCUT2D eigenvalue weighted by molar-refractivity contribution is 7.14. The van der Waals surface area contributed by atoms with Crippen LogP contribution < -0.4 is 5.32 Å². The van der Waals surface area contributed by atoms with Crippen LogP contribution in [0.15, 0.2) is 23.6 Å². The van der Waals surface area contributed by atoms with Gasteiger partial charge < -0.3 is 10.1 Å². The van der Waals surface area contributed by atoms with E-state index in [1.54, 1.807) is 5.38 Å². The highest BCUT2D eigenvalue weighted by atomic mass is 32.1. The van der Waals surface area contributed by atoms with Gasteiger partial charge in [0.05, 0.1) is 12.8 Å². The maximum Gasteiger partial charge on any atom is 0.305 e. The predicted molar refractivity (Wildman–Crippen MR) is 86.4 cm³/mol. The van der Waals surface area contributed by atoms with Gasteiger partial charge in [0.25, 0.3) is 0 Å². The van der Waals surface area contributed by atoms with Gasteiger partial charge in [-0.15, -0.1) is 11.3 Å². The van der Waals surface area contributed by atoms with Crippen LogP contribution >= 0.6 is 11.3 Å². The maximum absolute atomic E-state index is 13.2. The summed E-state index contributed by atoms with van der Waals surface area (Å²) >= 11 is 1.41. The molecule has 23 heavy (non-hydrogen) atoms. The summed E-state index contributed by atoms with van der Waals surface area (Å²) in [6.07, 6.45) is 3.07. The fourth-order valence-electron chi connectivity index (χ4n) is 2.01. The van der Waals surface area contributed by atoms with Crippen molar-refractivity contribution in [1.29, 1.82) is 0 Å². The molecule has 0 spiro atoms. The number of nitrogens with zero attached hydrogens (tertiary/aromatic N) is 1. The summed E-state index contributed by atoms with van der Waals surface area (Å²) in [5.74, 6) is -1.93. The molecule has 2 aromatic rings. The number of carbonyl (C=O) groups excluding carboxylic acids is 1. The van der Waals surface area contributed by atoms with Gasteiger partial charge >= 0.3 is 5.97 Å². The zero-order chi connectivity index (χ0) is 16.7. The van der Waals surface area contributed by atoms with E-state index in [1.165, 1.54) is 24.5 Å². The second kappa shape index (κ2) is 8.57. The van der Waals surface area contributed by atoms with Crippen molar-refractivity contribution in [3.8, 4) is 11.3 Å². The summed E-state index contributed by atoms with van der Waals surface area (Å²) < 4.78 is 30.7. The summed E-state index contributed by atoms with van der Waals surface area (Å²) in [5, 5.41) is 5.72. The highest BCUT2D eigenvalue weighted by Crippen LogP contribution is 2.26. The van der Waals surface area contributed by atoms with Gasteiger partial charge in [-0.1, -0.05) is 6.42 Å². The van der Waals surface area contributed by atoms with Crippen molar-refractivity contribution < 1.29 is 18.3 Å². The lowest BCUT2D eigenvalue weighted by molar-refractivity contribution is -0.140. The number of anilines is 1. The Balaban J connectivity index is 1.76. The molecule has 0 amide bonds. The molecule has 0 atom stereocenters. The van der Waals surface area contributed by atoms with Crippen LogP contribution in [0.3, 0.4) is 0 Å². The third kappa shape index (κ3) is 5.28. The molecule has 7 heteroatoms. The van der Waals surface area contributed by atoms with Crippen LogP contribution in [0.1, 0.15) is 25.7 Å². The lowest BCUT2D eigenvalue weighted by Crippen LogP contribution is -2.03. The van der Waals surface area contributed by atoms with Crippen LogP contribution in [0.5, 0.6) is 0 Å². The van der Waals surface area contributed by atoms with Gasteiger partial charge in [-0.05, 0) is 31.0 Å². The monoisotopic (exact) mass is 340 g/mol. The lowest BCUT2D eigenvalue weighted by Gasteiger charge is -2.02. The largest absolute Gasteiger partial charge is 0.469 e.